The van der Waals surface area contributed by atoms with Gasteiger partial charge in [-0.05, 0) is 38.5 Å². The highest BCUT2D eigenvalue weighted by Crippen LogP contribution is 2.37. The van der Waals surface area contributed by atoms with Crippen molar-refractivity contribution in [3.8, 4) is 11.8 Å². The minimum atomic E-state index is -0.218. The SMILES string of the molecule is COc1c(N2C[C@@H](C)N([C@@H](C)c3ccc4nccnc4c3)C[C@@H]2C)c2nn(CC#N)cc2n(C)c1=O. The van der Waals surface area contributed by atoms with E-state index >= 15 is 0 Å². The van der Waals surface area contributed by atoms with E-state index in [0.717, 1.165) is 17.6 Å². The van der Waals surface area contributed by atoms with E-state index in [0.29, 0.717) is 23.3 Å². The minimum Gasteiger partial charge on any atom is -0.490 e. The van der Waals surface area contributed by atoms with Gasteiger partial charge in [0.05, 0.1) is 35.9 Å². The fourth-order valence-corrected chi connectivity index (χ4v) is 5.34. The van der Waals surface area contributed by atoms with Crippen LogP contribution in [-0.4, -0.2) is 61.5 Å². The Balaban J connectivity index is 1.51. The number of rotatable bonds is 5. The monoisotopic (exact) mass is 486 g/mol. The Morgan fingerprint density at radius 2 is 1.92 bits per heavy atom. The summed E-state index contributed by atoms with van der Waals surface area (Å²) >= 11 is 0. The minimum absolute atomic E-state index is 0.0919. The predicted molar refractivity (Wildman–Crippen MR) is 138 cm³/mol. The van der Waals surface area contributed by atoms with Crippen LogP contribution in [0.5, 0.6) is 5.75 Å². The molecule has 1 fully saturated rings. The molecule has 0 bridgehead atoms. The van der Waals surface area contributed by atoms with Crippen LogP contribution in [0.4, 0.5) is 5.69 Å². The van der Waals surface area contributed by atoms with Crippen molar-refractivity contribution in [2.24, 2.45) is 7.05 Å². The summed E-state index contributed by atoms with van der Waals surface area (Å²) in [6.45, 7) is 8.18. The number of benzene rings is 1. The van der Waals surface area contributed by atoms with Gasteiger partial charge >= 0.3 is 0 Å². The topological polar surface area (TPSA) is 105 Å². The van der Waals surface area contributed by atoms with E-state index in [1.165, 1.54) is 17.2 Å². The zero-order valence-corrected chi connectivity index (χ0v) is 21.2. The summed E-state index contributed by atoms with van der Waals surface area (Å²) in [6.07, 6.45) is 5.17. The zero-order valence-electron chi connectivity index (χ0n) is 21.2. The first-order valence-corrected chi connectivity index (χ1v) is 12.1. The number of ether oxygens (including phenoxy) is 1. The van der Waals surface area contributed by atoms with Crippen LogP contribution in [0.1, 0.15) is 32.4 Å². The molecule has 0 saturated carbocycles. The van der Waals surface area contributed by atoms with Crippen molar-refractivity contribution in [1.82, 2.24) is 29.2 Å². The molecule has 0 N–H and O–H groups in total. The van der Waals surface area contributed by atoms with Crippen LogP contribution >= 0.6 is 0 Å². The molecule has 10 heteroatoms. The van der Waals surface area contributed by atoms with Gasteiger partial charge in [-0.3, -0.25) is 24.3 Å². The molecule has 36 heavy (non-hydrogen) atoms. The van der Waals surface area contributed by atoms with Crippen LogP contribution in [0.2, 0.25) is 0 Å². The lowest BCUT2D eigenvalue weighted by atomic mass is 9.99. The number of aromatic nitrogens is 5. The second-order valence-electron chi connectivity index (χ2n) is 9.49. The molecular weight excluding hydrogens is 456 g/mol. The molecule has 1 aromatic carbocycles. The lowest BCUT2D eigenvalue weighted by molar-refractivity contribution is 0.119. The number of nitriles is 1. The predicted octanol–water partition coefficient (Wildman–Crippen LogP) is 2.87. The van der Waals surface area contributed by atoms with Crippen molar-refractivity contribution in [1.29, 1.82) is 5.26 Å². The molecule has 0 amide bonds. The van der Waals surface area contributed by atoms with Gasteiger partial charge in [0.25, 0.3) is 5.56 Å². The Morgan fingerprint density at radius 1 is 1.17 bits per heavy atom. The van der Waals surface area contributed by atoms with Crippen LogP contribution in [-0.2, 0) is 13.6 Å². The highest BCUT2D eigenvalue weighted by atomic mass is 16.5. The average Bonchev–Trinajstić information content (AvgIpc) is 3.30. The van der Waals surface area contributed by atoms with Gasteiger partial charge in [0.1, 0.15) is 17.7 Å². The first-order valence-electron chi connectivity index (χ1n) is 12.1. The molecule has 0 aliphatic carbocycles. The van der Waals surface area contributed by atoms with Gasteiger partial charge < -0.3 is 14.2 Å². The number of fused-ring (bicyclic) bond motifs is 2. The fraction of sp³-hybridized carbons (Fsp3) is 0.423. The molecule has 10 nitrogen and oxygen atoms in total. The van der Waals surface area contributed by atoms with E-state index in [-0.39, 0.29) is 36.0 Å². The van der Waals surface area contributed by atoms with Crippen LogP contribution in [0.25, 0.3) is 22.1 Å². The van der Waals surface area contributed by atoms with Crippen LogP contribution in [0.15, 0.2) is 41.6 Å². The number of methoxy groups -OCH3 is 1. The Morgan fingerprint density at radius 3 is 2.64 bits per heavy atom. The molecule has 0 radical (unpaired) electrons. The lowest BCUT2D eigenvalue weighted by Crippen LogP contribution is -2.57. The van der Waals surface area contributed by atoms with E-state index in [1.54, 1.807) is 30.3 Å². The summed E-state index contributed by atoms with van der Waals surface area (Å²) < 4.78 is 8.75. The summed E-state index contributed by atoms with van der Waals surface area (Å²) in [5, 5.41) is 13.8. The summed E-state index contributed by atoms with van der Waals surface area (Å²) in [5.41, 5.74) is 4.79. The maximum atomic E-state index is 13.2. The summed E-state index contributed by atoms with van der Waals surface area (Å²) in [5.74, 6) is 0.279. The maximum absolute atomic E-state index is 13.2. The highest BCUT2D eigenvalue weighted by Gasteiger charge is 2.36. The quantitative estimate of drug-likeness (QED) is 0.424. The molecule has 0 spiro atoms. The smallest absolute Gasteiger partial charge is 0.295 e. The third-order valence-corrected chi connectivity index (χ3v) is 7.27. The molecule has 5 rings (SSSR count). The van der Waals surface area contributed by atoms with Crippen molar-refractivity contribution < 1.29 is 4.74 Å². The average molecular weight is 487 g/mol. The first-order chi connectivity index (χ1) is 17.3. The number of hydrogen-bond acceptors (Lipinski definition) is 8. The Hall–Kier alpha value is -3.97. The largest absolute Gasteiger partial charge is 0.490 e. The standard InChI is InChI=1S/C26H30N8O2/c1-16-14-34(24-23-22(15-32(30-23)11-8-27)31(4)26(35)25(24)36-5)17(2)13-33(16)18(3)19-6-7-20-21(12-19)29-10-9-28-20/h6-7,9-10,12,15-18H,11,13-14H2,1-5H3/t16-,17+,18+/m1/s1. The van der Waals surface area contributed by atoms with Crippen LogP contribution in [0, 0.1) is 11.3 Å². The third kappa shape index (κ3) is 3.85. The van der Waals surface area contributed by atoms with Crippen molar-refractivity contribution >= 4 is 27.8 Å². The fourth-order valence-electron chi connectivity index (χ4n) is 5.34. The number of hydrogen-bond donors (Lipinski definition) is 0. The van der Waals surface area contributed by atoms with Gasteiger partial charge in [0.15, 0.2) is 0 Å². The highest BCUT2D eigenvalue weighted by molar-refractivity contribution is 5.92. The maximum Gasteiger partial charge on any atom is 0.295 e. The van der Waals surface area contributed by atoms with Crippen LogP contribution < -0.4 is 15.2 Å². The Labute approximate surface area is 209 Å². The second kappa shape index (κ2) is 9.24. The lowest BCUT2D eigenvalue weighted by Gasteiger charge is -2.47. The van der Waals surface area contributed by atoms with E-state index < -0.39 is 0 Å². The number of nitrogens with zero attached hydrogens (tertiary/aromatic N) is 8. The molecule has 186 valence electrons. The van der Waals surface area contributed by atoms with Gasteiger partial charge in [-0.1, -0.05) is 6.07 Å². The molecule has 1 saturated heterocycles. The normalized spacial score (nSPS) is 19.5. The van der Waals surface area contributed by atoms with Crippen molar-refractivity contribution in [2.75, 3.05) is 25.1 Å². The van der Waals surface area contributed by atoms with Gasteiger partial charge in [0, 0.05) is 50.7 Å². The summed E-state index contributed by atoms with van der Waals surface area (Å²) in [4.78, 5) is 26.8. The number of anilines is 1. The van der Waals surface area contributed by atoms with Crippen LogP contribution in [0.3, 0.4) is 0 Å². The Bertz CT molecular complexity index is 1540. The molecular formula is C26H30N8O2. The molecule has 3 atom stereocenters. The van der Waals surface area contributed by atoms with Crippen molar-refractivity contribution in [3.05, 3.63) is 52.7 Å². The van der Waals surface area contributed by atoms with Gasteiger partial charge in [-0.15, -0.1) is 0 Å². The summed E-state index contributed by atoms with van der Waals surface area (Å²) in [6, 6.07) is 8.85. The van der Waals surface area contributed by atoms with E-state index in [4.69, 9.17) is 4.74 Å². The van der Waals surface area contributed by atoms with Gasteiger partial charge in [-0.2, -0.15) is 10.4 Å². The number of piperazine rings is 1. The molecule has 4 heterocycles. The first kappa shape index (κ1) is 23.8. The van der Waals surface area contributed by atoms with E-state index in [2.05, 4.69) is 63.8 Å². The Kier molecular flexibility index (Phi) is 6.10. The van der Waals surface area contributed by atoms with Crippen molar-refractivity contribution in [2.45, 2.75) is 45.4 Å². The van der Waals surface area contributed by atoms with E-state index in [1.807, 2.05) is 6.07 Å². The van der Waals surface area contributed by atoms with Crippen molar-refractivity contribution in [3.63, 3.8) is 0 Å². The molecule has 0 unspecified atom stereocenters. The number of pyridine rings is 1. The molecule has 3 aromatic heterocycles. The van der Waals surface area contributed by atoms with Gasteiger partial charge in [-0.25, -0.2) is 0 Å². The zero-order chi connectivity index (χ0) is 25.6. The van der Waals surface area contributed by atoms with E-state index in [9.17, 15) is 10.1 Å². The number of aryl methyl sites for hydroxylation is 1. The molecule has 1 aliphatic heterocycles. The third-order valence-electron chi connectivity index (χ3n) is 7.27. The second-order valence-corrected chi connectivity index (χ2v) is 9.49. The molecule has 1 aliphatic rings. The molecule has 4 aromatic rings. The summed E-state index contributed by atoms with van der Waals surface area (Å²) in [7, 11) is 3.22. The van der Waals surface area contributed by atoms with Gasteiger partial charge in [0.2, 0.25) is 5.75 Å².